The van der Waals surface area contributed by atoms with Crippen LogP contribution in [-0.4, -0.2) is 11.0 Å². The summed E-state index contributed by atoms with van der Waals surface area (Å²) in [5.41, 5.74) is 2.49. The maximum Gasteiger partial charge on any atom is 0.0897 e. The summed E-state index contributed by atoms with van der Waals surface area (Å²) in [6.45, 7) is 5.10. The number of thiazole rings is 1. The van der Waals surface area contributed by atoms with Gasteiger partial charge in [0.05, 0.1) is 10.7 Å². The number of nitrogens with one attached hydrogen (secondary N) is 1. The van der Waals surface area contributed by atoms with E-state index < -0.39 is 0 Å². The Kier molecular flexibility index (Phi) is 4.92. The molecule has 1 atom stereocenters. The minimum absolute atomic E-state index is 0.452. The summed E-state index contributed by atoms with van der Waals surface area (Å²) in [7, 11) is 0. The first-order valence-corrected chi connectivity index (χ1v) is 7.69. The average molecular weight is 325 g/mol. The number of aromatic nitrogens is 1. The van der Waals surface area contributed by atoms with Gasteiger partial charge >= 0.3 is 0 Å². The maximum atomic E-state index is 4.45. The molecule has 0 spiro atoms. The molecule has 1 N–H and O–H groups in total. The van der Waals surface area contributed by atoms with Gasteiger partial charge in [-0.1, -0.05) is 28.1 Å². The van der Waals surface area contributed by atoms with E-state index in [0.717, 1.165) is 28.1 Å². The smallest absolute Gasteiger partial charge is 0.0897 e. The molecule has 2 rings (SSSR count). The lowest BCUT2D eigenvalue weighted by Gasteiger charge is -2.13. The van der Waals surface area contributed by atoms with Crippen LogP contribution in [0.4, 0.5) is 0 Å². The van der Waals surface area contributed by atoms with E-state index in [1.54, 1.807) is 11.3 Å². The summed E-state index contributed by atoms with van der Waals surface area (Å²) in [6.07, 6.45) is 1.04. The van der Waals surface area contributed by atoms with Gasteiger partial charge in [-0.3, -0.25) is 0 Å². The molecule has 96 valence electrons. The molecule has 4 heteroatoms. The highest BCUT2D eigenvalue weighted by atomic mass is 79.9. The summed E-state index contributed by atoms with van der Waals surface area (Å²) in [5.74, 6) is 0. The van der Waals surface area contributed by atoms with E-state index in [1.165, 1.54) is 5.56 Å². The third-order valence-corrected chi connectivity index (χ3v) is 4.10. The monoisotopic (exact) mass is 324 g/mol. The van der Waals surface area contributed by atoms with Crippen molar-refractivity contribution in [3.63, 3.8) is 0 Å². The number of hydrogen-bond donors (Lipinski definition) is 1. The molecule has 0 bridgehead atoms. The molecular formula is C14H17BrN2S. The van der Waals surface area contributed by atoms with Gasteiger partial charge < -0.3 is 5.32 Å². The quantitative estimate of drug-likeness (QED) is 0.901. The Balaban J connectivity index is 1.81. The fraction of sp³-hybridized carbons (Fsp3) is 0.357. The van der Waals surface area contributed by atoms with Crippen molar-refractivity contribution in [2.24, 2.45) is 0 Å². The predicted molar refractivity (Wildman–Crippen MR) is 81.0 cm³/mol. The normalized spacial score (nSPS) is 12.6. The van der Waals surface area contributed by atoms with Gasteiger partial charge in [0.2, 0.25) is 0 Å². The molecule has 0 aliphatic carbocycles. The summed E-state index contributed by atoms with van der Waals surface area (Å²) in [6, 6.07) is 8.95. The first-order valence-electron chi connectivity index (χ1n) is 6.02. The second kappa shape index (κ2) is 6.45. The maximum absolute atomic E-state index is 4.45. The van der Waals surface area contributed by atoms with Crippen molar-refractivity contribution in [1.82, 2.24) is 10.3 Å². The third-order valence-electron chi connectivity index (χ3n) is 2.75. The van der Waals surface area contributed by atoms with E-state index in [9.17, 15) is 0 Å². The van der Waals surface area contributed by atoms with Crippen molar-refractivity contribution in [3.8, 4) is 0 Å². The molecule has 1 heterocycles. The Morgan fingerprint density at radius 2 is 2.06 bits per heavy atom. The van der Waals surface area contributed by atoms with Crippen LogP contribution in [0.1, 0.15) is 23.2 Å². The van der Waals surface area contributed by atoms with Crippen LogP contribution in [0.5, 0.6) is 0 Å². The van der Waals surface area contributed by atoms with E-state index in [0.29, 0.717) is 6.04 Å². The van der Waals surface area contributed by atoms with E-state index in [-0.39, 0.29) is 0 Å². The van der Waals surface area contributed by atoms with Crippen LogP contribution in [0.2, 0.25) is 0 Å². The number of nitrogens with zero attached hydrogens (tertiary/aromatic N) is 1. The van der Waals surface area contributed by atoms with Gasteiger partial charge in [0.15, 0.2) is 0 Å². The van der Waals surface area contributed by atoms with Crippen molar-refractivity contribution in [2.45, 2.75) is 32.9 Å². The van der Waals surface area contributed by atoms with Crippen molar-refractivity contribution < 1.29 is 0 Å². The molecule has 0 aliphatic heterocycles. The lowest BCUT2D eigenvalue weighted by atomic mass is 10.1. The van der Waals surface area contributed by atoms with Crippen LogP contribution >= 0.6 is 27.3 Å². The molecule has 1 unspecified atom stereocenters. The van der Waals surface area contributed by atoms with Gasteiger partial charge in [-0.05, 0) is 38.0 Å². The molecule has 1 aromatic heterocycles. The number of hydrogen-bond acceptors (Lipinski definition) is 3. The molecule has 0 saturated heterocycles. The number of aryl methyl sites for hydroxylation is 1. The SMILES string of the molecule is Cc1nc(CNC(C)Cc2ccc(Br)cc2)cs1. The molecule has 0 aliphatic rings. The van der Waals surface area contributed by atoms with Crippen LogP contribution in [0.25, 0.3) is 0 Å². The van der Waals surface area contributed by atoms with Crippen LogP contribution in [0.15, 0.2) is 34.1 Å². The zero-order valence-corrected chi connectivity index (χ0v) is 13.0. The molecule has 18 heavy (non-hydrogen) atoms. The number of rotatable bonds is 5. The highest BCUT2D eigenvalue weighted by Gasteiger charge is 2.04. The lowest BCUT2D eigenvalue weighted by Crippen LogP contribution is -2.27. The summed E-state index contributed by atoms with van der Waals surface area (Å²) in [5, 5.41) is 6.76. The van der Waals surface area contributed by atoms with Crippen molar-refractivity contribution in [1.29, 1.82) is 0 Å². The second-order valence-corrected chi connectivity index (χ2v) is 6.45. The van der Waals surface area contributed by atoms with Crippen LogP contribution in [0.3, 0.4) is 0 Å². The molecular weight excluding hydrogens is 308 g/mol. The highest BCUT2D eigenvalue weighted by molar-refractivity contribution is 9.10. The van der Waals surface area contributed by atoms with Gasteiger partial charge in [-0.25, -0.2) is 4.98 Å². The Morgan fingerprint density at radius 1 is 1.33 bits per heavy atom. The Hall–Kier alpha value is -0.710. The Morgan fingerprint density at radius 3 is 2.67 bits per heavy atom. The second-order valence-electron chi connectivity index (χ2n) is 4.47. The molecule has 0 amide bonds. The van der Waals surface area contributed by atoms with Gasteiger partial charge in [-0.15, -0.1) is 11.3 Å². The molecule has 0 radical (unpaired) electrons. The predicted octanol–water partition coefficient (Wildman–Crippen LogP) is 3.93. The van der Waals surface area contributed by atoms with E-state index in [1.807, 2.05) is 6.92 Å². The standard InChI is InChI=1S/C14H17BrN2S/c1-10(7-12-3-5-13(15)6-4-12)16-8-14-9-18-11(2)17-14/h3-6,9-10,16H,7-8H2,1-2H3. The molecule has 1 aromatic carbocycles. The van der Waals surface area contributed by atoms with Crippen molar-refractivity contribution in [2.75, 3.05) is 0 Å². The first kappa shape index (κ1) is 13.7. The Labute approximate surface area is 121 Å². The van der Waals surface area contributed by atoms with E-state index >= 15 is 0 Å². The summed E-state index contributed by atoms with van der Waals surface area (Å²) >= 11 is 5.16. The van der Waals surface area contributed by atoms with Gasteiger partial charge in [0.1, 0.15) is 0 Å². The van der Waals surface area contributed by atoms with Crippen molar-refractivity contribution in [3.05, 3.63) is 50.4 Å². The van der Waals surface area contributed by atoms with Gasteiger partial charge in [0.25, 0.3) is 0 Å². The summed E-state index contributed by atoms with van der Waals surface area (Å²) < 4.78 is 1.13. The van der Waals surface area contributed by atoms with Crippen molar-refractivity contribution >= 4 is 27.3 Å². The summed E-state index contributed by atoms with van der Waals surface area (Å²) in [4.78, 5) is 4.45. The zero-order valence-electron chi connectivity index (χ0n) is 10.6. The van der Waals surface area contributed by atoms with Gasteiger partial charge in [0, 0.05) is 22.4 Å². The highest BCUT2D eigenvalue weighted by Crippen LogP contribution is 2.12. The van der Waals surface area contributed by atoms with E-state index in [2.05, 4.69) is 62.8 Å². The molecule has 0 saturated carbocycles. The molecule has 2 nitrogen and oxygen atoms in total. The van der Waals surface area contributed by atoms with Crippen LogP contribution < -0.4 is 5.32 Å². The minimum atomic E-state index is 0.452. The van der Waals surface area contributed by atoms with Crippen LogP contribution in [-0.2, 0) is 13.0 Å². The minimum Gasteiger partial charge on any atom is -0.308 e. The number of benzene rings is 1. The third kappa shape index (κ3) is 4.19. The molecule has 2 aromatic rings. The van der Waals surface area contributed by atoms with E-state index in [4.69, 9.17) is 0 Å². The van der Waals surface area contributed by atoms with Crippen LogP contribution in [0, 0.1) is 6.92 Å². The first-order chi connectivity index (χ1) is 8.63. The topological polar surface area (TPSA) is 24.9 Å². The fourth-order valence-electron chi connectivity index (χ4n) is 1.81. The number of halogens is 1. The van der Waals surface area contributed by atoms with Gasteiger partial charge in [-0.2, -0.15) is 0 Å². The molecule has 0 fully saturated rings. The average Bonchev–Trinajstić information content (AvgIpc) is 2.76. The lowest BCUT2D eigenvalue weighted by molar-refractivity contribution is 0.541. The fourth-order valence-corrected chi connectivity index (χ4v) is 2.69. The zero-order chi connectivity index (χ0) is 13.0. The Bertz CT molecular complexity index is 493. The largest absolute Gasteiger partial charge is 0.308 e.